The summed E-state index contributed by atoms with van der Waals surface area (Å²) in [5.74, 6) is -2.35. The van der Waals surface area contributed by atoms with Gasteiger partial charge in [-0.15, -0.1) is 0 Å². The highest BCUT2D eigenvalue weighted by Crippen LogP contribution is 2.45. The molecule has 0 saturated carbocycles. The number of hydrogen-bond donors (Lipinski definition) is 1. The van der Waals surface area contributed by atoms with Crippen molar-refractivity contribution in [2.24, 2.45) is 5.92 Å². The fourth-order valence-electron chi connectivity index (χ4n) is 3.33. The molecule has 0 amide bonds. The minimum absolute atomic E-state index is 0.479. The summed E-state index contributed by atoms with van der Waals surface area (Å²) in [5.41, 5.74) is 2.81. The van der Waals surface area contributed by atoms with Crippen molar-refractivity contribution in [1.29, 1.82) is 0 Å². The van der Waals surface area contributed by atoms with E-state index in [-0.39, 0.29) is 0 Å². The summed E-state index contributed by atoms with van der Waals surface area (Å²) >= 11 is 0. The zero-order chi connectivity index (χ0) is 19.9. The van der Waals surface area contributed by atoms with Crippen LogP contribution in [0.1, 0.15) is 36.1 Å². The maximum atomic E-state index is 13.7. The van der Waals surface area contributed by atoms with E-state index >= 15 is 0 Å². The van der Waals surface area contributed by atoms with Crippen molar-refractivity contribution in [2.75, 3.05) is 0 Å². The summed E-state index contributed by atoms with van der Waals surface area (Å²) in [5, 5.41) is 9.38. The minimum atomic E-state index is -4.41. The van der Waals surface area contributed by atoms with E-state index in [1.165, 1.54) is 31.2 Å². The highest BCUT2D eigenvalue weighted by Gasteiger charge is 2.31. The first-order valence-electron chi connectivity index (χ1n) is 8.23. The van der Waals surface area contributed by atoms with E-state index in [0.717, 1.165) is 12.1 Å². The Morgan fingerprint density at radius 3 is 2.26 bits per heavy atom. The van der Waals surface area contributed by atoms with Crippen LogP contribution in [0, 0.1) is 11.7 Å². The van der Waals surface area contributed by atoms with Gasteiger partial charge in [0.2, 0.25) is 0 Å². The van der Waals surface area contributed by atoms with E-state index in [0.29, 0.717) is 33.4 Å². The maximum Gasteiger partial charge on any atom is 0.416 e. The molecule has 1 N–H and O–H groups in total. The van der Waals surface area contributed by atoms with E-state index in [1.54, 1.807) is 19.1 Å². The maximum absolute atomic E-state index is 13.7. The van der Waals surface area contributed by atoms with Gasteiger partial charge in [0.05, 0.1) is 11.5 Å². The molecule has 1 aliphatic rings. The molecule has 6 heteroatoms. The Bertz CT molecular complexity index is 967. The van der Waals surface area contributed by atoms with Crippen LogP contribution >= 0.6 is 0 Å². The Balaban J connectivity index is 2.12. The summed E-state index contributed by atoms with van der Waals surface area (Å²) < 4.78 is 51.9. The number of rotatable bonds is 3. The molecule has 0 spiro atoms. The van der Waals surface area contributed by atoms with E-state index in [4.69, 9.17) is 0 Å². The van der Waals surface area contributed by atoms with E-state index in [9.17, 15) is 27.5 Å². The van der Waals surface area contributed by atoms with Gasteiger partial charge in [0.25, 0.3) is 0 Å². The second-order valence-corrected chi connectivity index (χ2v) is 6.47. The molecular weight excluding hydrogens is 360 g/mol. The minimum Gasteiger partial charge on any atom is -0.481 e. The fourth-order valence-corrected chi connectivity index (χ4v) is 3.33. The van der Waals surface area contributed by atoms with Crippen molar-refractivity contribution < 1.29 is 27.5 Å². The van der Waals surface area contributed by atoms with Crippen molar-refractivity contribution >= 4 is 23.2 Å². The highest BCUT2D eigenvalue weighted by atomic mass is 19.4. The molecule has 2 aromatic carbocycles. The topological polar surface area (TPSA) is 37.3 Å². The average Bonchev–Trinajstić information content (AvgIpc) is 2.85. The molecule has 1 atom stereocenters. The number of aliphatic carboxylic acids is 1. The van der Waals surface area contributed by atoms with Gasteiger partial charge in [-0.1, -0.05) is 18.2 Å². The van der Waals surface area contributed by atoms with Gasteiger partial charge in [-0.3, -0.25) is 4.79 Å². The number of carboxylic acids is 1. The zero-order valence-corrected chi connectivity index (χ0v) is 14.6. The van der Waals surface area contributed by atoms with E-state index < -0.39 is 29.4 Å². The molecule has 0 saturated heterocycles. The Labute approximate surface area is 153 Å². The summed E-state index contributed by atoms with van der Waals surface area (Å²) in [4.78, 5) is 11.5. The summed E-state index contributed by atoms with van der Waals surface area (Å²) in [6.07, 6.45) is -2.73. The largest absolute Gasteiger partial charge is 0.481 e. The van der Waals surface area contributed by atoms with Crippen LogP contribution in [0.25, 0.3) is 17.2 Å². The fraction of sp³-hybridized carbons (Fsp3) is 0.190. The Kier molecular flexibility index (Phi) is 4.68. The SMILES string of the molecule is CC1=C(C(C)C(=O)O)c2cc(F)ccc2/C1=C\c1ccc(C(F)(F)F)cc1. The van der Waals surface area contributed by atoms with Crippen molar-refractivity contribution in [2.45, 2.75) is 20.0 Å². The number of fused-ring (bicyclic) bond motifs is 1. The van der Waals surface area contributed by atoms with Gasteiger partial charge in [-0.25, -0.2) is 4.39 Å². The van der Waals surface area contributed by atoms with Crippen LogP contribution in [-0.4, -0.2) is 11.1 Å². The molecule has 3 rings (SSSR count). The lowest BCUT2D eigenvalue weighted by molar-refractivity contribution is -0.139. The van der Waals surface area contributed by atoms with Crippen molar-refractivity contribution in [3.63, 3.8) is 0 Å². The number of halogens is 4. The third-order valence-electron chi connectivity index (χ3n) is 4.72. The lowest BCUT2D eigenvalue weighted by Crippen LogP contribution is -2.11. The van der Waals surface area contributed by atoms with Gasteiger partial charge in [-0.2, -0.15) is 13.2 Å². The monoisotopic (exact) mass is 376 g/mol. The zero-order valence-electron chi connectivity index (χ0n) is 14.6. The molecule has 2 nitrogen and oxygen atoms in total. The molecule has 0 aliphatic heterocycles. The van der Waals surface area contributed by atoms with Gasteiger partial charge in [0.1, 0.15) is 5.82 Å². The molecule has 1 aliphatic carbocycles. The summed E-state index contributed by atoms with van der Waals surface area (Å²) in [7, 11) is 0. The third kappa shape index (κ3) is 3.52. The average molecular weight is 376 g/mol. The quantitative estimate of drug-likeness (QED) is 0.678. The van der Waals surface area contributed by atoms with Crippen molar-refractivity contribution in [1.82, 2.24) is 0 Å². The predicted octanol–water partition coefficient (Wildman–Crippen LogP) is 5.89. The van der Waals surface area contributed by atoms with Gasteiger partial charge < -0.3 is 5.11 Å². The Morgan fingerprint density at radius 2 is 1.70 bits per heavy atom. The van der Waals surface area contributed by atoms with Crippen LogP contribution in [0.4, 0.5) is 17.6 Å². The van der Waals surface area contributed by atoms with Crippen molar-refractivity contribution in [3.8, 4) is 0 Å². The standard InChI is InChI=1S/C21H16F4O2/c1-11-17(9-13-3-5-14(6-4-13)21(23,24)25)16-8-7-15(22)10-18(16)19(11)12(2)20(26)27/h3-10,12H,1-2H3,(H,26,27)/b17-9-. The van der Waals surface area contributed by atoms with Gasteiger partial charge in [-0.05, 0) is 77.6 Å². The molecular formula is C21H16F4O2. The molecule has 2 aromatic rings. The van der Waals surface area contributed by atoms with Crippen LogP contribution in [0.2, 0.25) is 0 Å². The van der Waals surface area contributed by atoms with E-state index in [1.807, 2.05) is 0 Å². The van der Waals surface area contributed by atoms with Crippen LogP contribution < -0.4 is 0 Å². The number of hydrogen-bond acceptors (Lipinski definition) is 1. The van der Waals surface area contributed by atoms with Crippen LogP contribution in [-0.2, 0) is 11.0 Å². The second-order valence-electron chi connectivity index (χ2n) is 6.47. The normalized spacial score (nSPS) is 16.6. The first-order valence-corrected chi connectivity index (χ1v) is 8.23. The van der Waals surface area contributed by atoms with Gasteiger partial charge in [0.15, 0.2) is 0 Å². The van der Waals surface area contributed by atoms with Crippen LogP contribution in [0.15, 0.2) is 48.0 Å². The lowest BCUT2D eigenvalue weighted by atomic mass is 9.94. The van der Waals surface area contributed by atoms with Gasteiger partial charge in [0, 0.05) is 0 Å². The van der Waals surface area contributed by atoms with E-state index in [2.05, 4.69) is 0 Å². The summed E-state index contributed by atoms with van der Waals surface area (Å²) in [6.45, 7) is 3.26. The molecule has 27 heavy (non-hydrogen) atoms. The number of alkyl halides is 3. The molecule has 140 valence electrons. The molecule has 0 bridgehead atoms. The first kappa shape index (κ1) is 18.9. The first-order chi connectivity index (χ1) is 12.6. The summed E-state index contributed by atoms with van der Waals surface area (Å²) in [6, 6.07) is 8.82. The van der Waals surface area contributed by atoms with Crippen LogP contribution in [0.5, 0.6) is 0 Å². The molecule has 0 fully saturated rings. The number of carbonyl (C=O) groups is 1. The smallest absolute Gasteiger partial charge is 0.416 e. The predicted molar refractivity (Wildman–Crippen MR) is 95.1 cm³/mol. The van der Waals surface area contributed by atoms with Crippen molar-refractivity contribution in [3.05, 3.63) is 76.1 Å². The van der Waals surface area contributed by atoms with Gasteiger partial charge >= 0.3 is 12.1 Å². The number of allylic oxidation sites excluding steroid dienone is 2. The third-order valence-corrected chi connectivity index (χ3v) is 4.72. The highest BCUT2D eigenvalue weighted by molar-refractivity contribution is 6.08. The lowest BCUT2D eigenvalue weighted by Gasteiger charge is -2.11. The second kappa shape index (κ2) is 6.68. The molecule has 1 unspecified atom stereocenters. The number of carboxylic acid groups (broad SMARTS) is 1. The Hall–Kier alpha value is -2.89. The number of benzene rings is 2. The molecule has 0 aromatic heterocycles. The Morgan fingerprint density at radius 1 is 1.07 bits per heavy atom. The molecule has 0 heterocycles. The van der Waals surface area contributed by atoms with Crippen LogP contribution in [0.3, 0.4) is 0 Å². The molecule has 0 radical (unpaired) electrons.